The standard InChI is InChI=1S/C20H23N5/c1-15-22-19(21-14-16-7-5-4-6-8-16)13-20(23-15)24-17-9-11-18(12-10-17)25(2)3/h4-13H,14H2,1-3H3,(H2,21,22,23,24). The lowest BCUT2D eigenvalue weighted by molar-refractivity contribution is 1.03. The minimum atomic E-state index is 0.727. The van der Waals surface area contributed by atoms with Gasteiger partial charge in [0.05, 0.1) is 0 Å². The Balaban J connectivity index is 1.70. The monoisotopic (exact) mass is 333 g/mol. The lowest BCUT2D eigenvalue weighted by atomic mass is 10.2. The van der Waals surface area contributed by atoms with E-state index in [1.807, 2.05) is 57.4 Å². The van der Waals surface area contributed by atoms with Crippen LogP contribution in [0.4, 0.5) is 23.0 Å². The summed E-state index contributed by atoms with van der Waals surface area (Å²) < 4.78 is 0. The van der Waals surface area contributed by atoms with Crippen LogP contribution in [0.15, 0.2) is 60.7 Å². The molecule has 0 fully saturated rings. The van der Waals surface area contributed by atoms with Gasteiger partial charge < -0.3 is 15.5 Å². The van der Waals surface area contributed by atoms with Gasteiger partial charge in [-0.1, -0.05) is 30.3 Å². The second-order valence-electron chi connectivity index (χ2n) is 6.09. The molecule has 2 aromatic carbocycles. The summed E-state index contributed by atoms with van der Waals surface area (Å²) >= 11 is 0. The van der Waals surface area contributed by atoms with E-state index in [0.717, 1.165) is 35.4 Å². The summed E-state index contributed by atoms with van der Waals surface area (Å²) in [4.78, 5) is 11.0. The van der Waals surface area contributed by atoms with Crippen molar-refractivity contribution >= 4 is 23.0 Å². The molecule has 25 heavy (non-hydrogen) atoms. The molecule has 2 N–H and O–H groups in total. The highest BCUT2D eigenvalue weighted by atomic mass is 15.1. The van der Waals surface area contributed by atoms with Crippen LogP contribution in [-0.4, -0.2) is 24.1 Å². The lowest BCUT2D eigenvalue weighted by Crippen LogP contribution is -2.08. The molecule has 5 nitrogen and oxygen atoms in total. The molecule has 0 aliphatic carbocycles. The zero-order chi connectivity index (χ0) is 17.6. The van der Waals surface area contributed by atoms with Crippen molar-refractivity contribution in [3.8, 4) is 0 Å². The molecule has 3 aromatic rings. The number of nitrogens with zero attached hydrogens (tertiary/aromatic N) is 3. The quantitative estimate of drug-likeness (QED) is 0.708. The molecule has 0 spiro atoms. The fraction of sp³-hybridized carbons (Fsp3) is 0.200. The zero-order valence-corrected chi connectivity index (χ0v) is 14.8. The van der Waals surface area contributed by atoms with Crippen molar-refractivity contribution in [2.45, 2.75) is 13.5 Å². The number of hydrogen-bond acceptors (Lipinski definition) is 5. The van der Waals surface area contributed by atoms with Gasteiger partial charge in [0.15, 0.2) is 0 Å². The Kier molecular flexibility index (Phi) is 5.14. The van der Waals surface area contributed by atoms with Gasteiger partial charge in [0.25, 0.3) is 0 Å². The van der Waals surface area contributed by atoms with E-state index in [0.29, 0.717) is 0 Å². The van der Waals surface area contributed by atoms with Crippen molar-refractivity contribution in [2.75, 3.05) is 29.6 Å². The number of aryl methyl sites for hydroxylation is 1. The van der Waals surface area contributed by atoms with E-state index in [2.05, 4.69) is 49.8 Å². The van der Waals surface area contributed by atoms with E-state index in [9.17, 15) is 0 Å². The van der Waals surface area contributed by atoms with Crippen molar-refractivity contribution in [1.29, 1.82) is 0 Å². The number of hydrogen-bond donors (Lipinski definition) is 2. The van der Waals surface area contributed by atoms with Crippen molar-refractivity contribution < 1.29 is 0 Å². The highest BCUT2D eigenvalue weighted by Gasteiger charge is 2.03. The normalized spacial score (nSPS) is 10.4. The summed E-state index contributed by atoms with van der Waals surface area (Å²) in [5.74, 6) is 2.31. The summed E-state index contributed by atoms with van der Waals surface area (Å²) in [5.41, 5.74) is 3.37. The summed E-state index contributed by atoms with van der Waals surface area (Å²) in [6, 6.07) is 20.4. The molecule has 0 unspecified atom stereocenters. The van der Waals surface area contributed by atoms with Gasteiger partial charge >= 0.3 is 0 Å². The van der Waals surface area contributed by atoms with Gasteiger partial charge in [-0.05, 0) is 36.8 Å². The lowest BCUT2D eigenvalue weighted by Gasteiger charge is -2.14. The molecule has 0 amide bonds. The van der Waals surface area contributed by atoms with Gasteiger partial charge in [-0.25, -0.2) is 9.97 Å². The molecule has 0 aliphatic heterocycles. The first kappa shape index (κ1) is 16.8. The molecule has 3 rings (SSSR count). The van der Waals surface area contributed by atoms with E-state index in [-0.39, 0.29) is 0 Å². The van der Waals surface area contributed by atoms with Crippen molar-refractivity contribution in [3.63, 3.8) is 0 Å². The molecule has 0 bridgehead atoms. The van der Waals surface area contributed by atoms with Crippen LogP contribution in [0.2, 0.25) is 0 Å². The number of rotatable bonds is 6. The van der Waals surface area contributed by atoms with Gasteiger partial charge in [-0.15, -0.1) is 0 Å². The van der Waals surface area contributed by atoms with E-state index in [4.69, 9.17) is 0 Å². The Morgan fingerprint density at radius 3 is 2.24 bits per heavy atom. The summed E-state index contributed by atoms with van der Waals surface area (Å²) in [6.07, 6.45) is 0. The molecule has 0 atom stereocenters. The second-order valence-corrected chi connectivity index (χ2v) is 6.09. The van der Waals surface area contributed by atoms with Gasteiger partial charge in [0.1, 0.15) is 17.5 Å². The van der Waals surface area contributed by atoms with Crippen LogP contribution in [-0.2, 0) is 6.54 Å². The molecule has 1 heterocycles. The van der Waals surface area contributed by atoms with Crippen LogP contribution in [0.3, 0.4) is 0 Å². The third-order valence-electron chi connectivity index (χ3n) is 3.81. The predicted octanol–water partition coefficient (Wildman–Crippen LogP) is 4.21. The molecular weight excluding hydrogens is 310 g/mol. The van der Waals surface area contributed by atoms with Gasteiger partial charge in [0, 0.05) is 38.1 Å². The van der Waals surface area contributed by atoms with Crippen LogP contribution in [0.5, 0.6) is 0 Å². The maximum atomic E-state index is 4.47. The highest BCUT2D eigenvalue weighted by molar-refractivity contribution is 5.62. The second kappa shape index (κ2) is 7.66. The summed E-state index contributed by atoms with van der Waals surface area (Å²) in [5, 5.41) is 6.69. The molecule has 128 valence electrons. The first-order valence-electron chi connectivity index (χ1n) is 8.28. The predicted molar refractivity (Wildman–Crippen MR) is 105 cm³/mol. The summed E-state index contributed by atoms with van der Waals surface area (Å²) in [7, 11) is 4.06. The number of nitrogens with one attached hydrogen (secondary N) is 2. The SMILES string of the molecule is Cc1nc(NCc2ccccc2)cc(Nc2ccc(N(C)C)cc2)n1. The van der Waals surface area contributed by atoms with E-state index >= 15 is 0 Å². The van der Waals surface area contributed by atoms with Crippen molar-refractivity contribution in [1.82, 2.24) is 9.97 Å². The molecule has 0 aliphatic rings. The Morgan fingerprint density at radius 1 is 0.880 bits per heavy atom. The van der Waals surface area contributed by atoms with Crippen LogP contribution < -0.4 is 15.5 Å². The third kappa shape index (κ3) is 4.70. The molecule has 0 saturated heterocycles. The number of benzene rings is 2. The first-order chi connectivity index (χ1) is 12.1. The average Bonchev–Trinajstić information content (AvgIpc) is 2.61. The van der Waals surface area contributed by atoms with Crippen molar-refractivity contribution in [2.24, 2.45) is 0 Å². The maximum Gasteiger partial charge on any atom is 0.136 e. The Hall–Kier alpha value is -3.08. The number of aromatic nitrogens is 2. The molecule has 5 heteroatoms. The summed E-state index contributed by atoms with van der Waals surface area (Å²) in [6.45, 7) is 2.63. The zero-order valence-electron chi connectivity index (χ0n) is 14.8. The van der Waals surface area contributed by atoms with Gasteiger partial charge in [-0.2, -0.15) is 0 Å². The minimum Gasteiger partial charge on any atom is -0.378 e. The van der Waals surface area contributed by atoms with Gasteiger partial charge in [0.2, 0.25) is 0 Å². The number of anilines is 4. The molecular formula is C20H23N5. The molecule has 1 aromatic heterocycles. The fourth-order valence-corrected chi connectivity index (χ4v) is 2.50. The Bertz CT molecular complexity index is 813. The largest absolute Gasteiger partial charge is 0.378 e. The van der Waals surface area contributed by atoms with E-state index in [1.54, 1.807) is 0 Å². The molecule has 0 radical (unpaired) electrons. The topological polar surface area (TPSA) is 53.1 Å². The van der Waals surface area contributed by atoms with Crippen LogP contribution in [0.25, 0.3) is 0 Å². The van der Waals surface area contributed by atoms with Crippen LogP contribution >= 0.6 is 0 Å². The third-order valence-corrected chi connectivity index (χ3v) is 3.81. The van der Waals surface area contributed by atoms with E-state index in [1.165, 1.54) is 5.56 Å². The first-order valence-corrected chi connectivity index (χ1v) is 8.28. The van der Waals surface area contributed by atoms with Crippen molar-refractivity contribution in [3.05, 3.63) is 72.1 Å². The average molecular weight is 333 g/mol. The van der Waals surface area contributed by atoms with Crippen LogP contribution in [0, 0.1) is 6.92 Å². The smallest absolute Gasteiger partial charge is 0.136 e. The van der Waals surface area contributed by atoms with Crippen LogP contribution in [0.1, 0.15) is 11.4 Å². The molecule has 0 saturated carbocycles. The maximum absolute atomic E-state index is 4.47. The highest BCUT2D eigenvalue weighted by Crippen LogP contribution is 2.20. The minimum absolute atomic E-state index is 0.727. The van der Waals surface area contributed by atoms with E-state index < -0.39 is 0 Å². The Labute approximate surface area is 148 Å². The van der Waals surface area contributed by atoms with Gasteiger partial charge in [-0.3, -0.25) is 0 Å². The Morgan fingerprint density at radius 2 is 1.56 bits per heavy atom. The fourth-order valence-electron chi connectivity index (χ4n) is 2.50.